The number of nitrogens with one attached hydrogen (secondary N) is 1. The summed E-state index contributed by atoms with van der Waals surface area (Å²) in [7, 11) is 1.63. The average Bonchev–Trinajstić information content (AvgIpc) is 2.26. The summed E-state index contributed by atoms with van der Waals surface area (Å²) >= 11 is 0. The van der Waals surface area contributed by atoms with Crippen LogP contribution in [0.15, 0.2) is 12.1 Å². The third kappa shape index (κ3) is 3.49. The van der Waals surface area contributed by atoms with Gasteiger partial charge in [-0.05, 0) is 37.1 Å². The number of aryl methyl sites for hydroxylation is 2. The molecule has 90 valence electrons. The SMILES string of the molecule is COc1c(C)cc(NC(=O)CCC#N)cc1C. The van der Waals surface area contributed by atoms with E-state index in [1.807, 2.05) is 32.0 Å². The first-order valence-electron chi connectivity index (χ1n) is 5.40. The Balaban J connectivity index is 2.80. The van der Waals surface area contributed by atoms with Gasteiger partial charge in [-0.1, -0.05) is 0 Å². The molecule has 1 N–H and O–H groups in total. The maximum absolute atomic E-state index is 11.5. The fourth-order valence-corrected chi connectivity index (χ4v) is 1.74. The minimum Gasteiger partial charge on any atom is -0.496 e. The van der Waals surface area contributed by atoms with Crippen LogP contribution in [0.25, 0.3) is 0 Å². The van der Waals surface area contributed by atoms with E-state index in [9.17, 15) is 4.79 Å². The summed E-state index contributed by atoms with van der Waals surface area (Å²) in [4.78, 5) is 11.5. The number of hydrogen-bond acceptors (Lipinski definition) is 3. The average molecular weight is 232 g/mol. The van der Waals surface area contributed by atoms with Crippen LogP contribution in [0.4, 0.5) is 5.69 Å². The summed E-state index contributed by atoms with van der Waals surface area (Å²) in [6, 6.07) is 5.66. The van der Waals surface area contributed by atoms with Gasteiger partial charge in [-0.2, -0.15) is 5.26 Å². The Morgan fingerprint density at radius 3 is 2.47 bits per heavy atom. The standard InChI is InChI=1S/C13H16N2O2/c1-9-7-11(8-10(2)13(9)17-3)15-12(16)5-4-6-14/h7-8H,4-5H2,1-3H3,(H,15,16). The number of carbonyl (C=O) groups excluding carboxylic acids is 1. The van der Waals surface area contributed by atoms with Crippen molar-refractivity contribution in [2.45, 2.75) is 26.7 Å². The molecule has 0 bridgehead atoms. The molecule has 0 heterocycles. The van der Waals surface area contributed by atoms with Crippen LogP contribution in [-0.2, 0) is 4.79 Å². The predicted octanol–water partition coefficient (Wildman–Crippen LogP) is 2.55. The van der Waals surface area contributed by atoms with Crippen molar-refractivity contribution >= 4 is 11.6 Å². The molecular weight excluding hydrogens is 216 g/mol. The maximum atomic E-state index is 11.5. The van der Waals surface area contributed by atoms with E-state index >= 15 is 0 Å². The molecule has 1 rings (SSSR count). The number of nitriles is 1. The Kier molecular flexibility index (Phi) is 4.53. The lowest BCUT2D eigenvalue weighted by molar-refractivity contribution is -0.116. The van der Waals surface area contributed by atoms with E-state index < -0.39 is 0 Å². The maximum Gasteiger partial charge on any atom is 0.225 e. The number of methoxy groups -OCH3 is 1. The zero-order valence-corrected chi connectivity index (χ0v) is 10.3. The van der Waals surface area contributed by atoms with Gasteiger partial charge < -0.3 is 10.1 Å². The highest BCUT2D eigenvalue weighted by atomic mass is 16.5. The second kappa shape index (κ2) is 5.90. The molecule has 0 radical (unpaired) electrons. The van der Waals surface area contributed by atoms with Gasteiger partial charge in [0, 0.05) is 18.5 Å². The van der Waals surface area contributed by atoms with Crippen molar-refractivity contribution in [3.05, 3.63) is 23.3 Å². The Labute approximate surface area is 101 Å². The van der Waals surface area contributed by atoms with Gasteiger partial charge >= 0.3 is 0 Å². The van der Waals surface area contributed by atoms with Gasteiger partial charge in [0.15, 0.2) is 0 Å². The molecule has 4 heteroatoms. The zero-order chi connectivity index (χ0) is 12.8. The van der Waals surface area contributed by atoms with Gasteiger partial charge in [-0.15, -0.1) is 0 Å². The van der Waals surface area contributed by atoms with Crippen molar-refractivity contribution in [2.75, 3.05) is 12.4 Å². The smallest absolute Gasteiger partial charge is 0.225 e. The van der Waals surface area contributed by atoms with Crippen LogP contribution >= 0.6 is 0 Å². The van der Waals surface area contributed by atoms with Crippen molar-refractivity contribution in [1.82, 2.24) is 0 Å². The van der Waals surface area contributed by atoms with Crippen molar-refractivity contribution in [2.24, 2.45) is 0 Å². The first-order chi connectivity index (χ1) is 8.08. The van der Waals surface area contributed by atoms with Gasteiger partial charge in [0.25, 0.3) is 0 Å². The minimum absolute atomic E-state index is 0.143. The van der Waals surface area contributed by atoms with E-state index in [0.717, 1.165) is 22.6 Å². The second-order valence-corrected chi connectivity index (χ2v) is 3.85. The summed E-state index contributed by atoms with van der Waals surface area (Å²) in [5, 5.41) is 11.2. The lowest BCUT2D eigenvalue weighted by Gasteiger charge is -2.11. The monoisotopic (exact) mass is 232 g/mol. The number of carbonyl (C=O) groups is 1. The summed E-state index contributed by atoms with van der Waals surface area (Å²) in [6.07, 6.45) is 0.459. The number of hydrogen-bond donors (Lipinski definition) is 1. The van der Waals surface area contributed by atoms with Crippen LogP contribution in [-0.4, -0.2) is 13.0 Å². The normalized spacial score (nSPS) is 9.53. The Hall–Kier alpha value is -2.02. The first kappa shape index (κ1) is 13.0. The molecule has 1 aromatic carbocycles. The lowest BCUT2D eigenvalue weighted by Crippen LogP contribution is -2.11. The minimum atomic E-state index is -0.143. The quantitative estimate of drug-likeness (QED) is 0.867. The van der Waals surface area contributed by atoms with Crippen LogP contribution in [0, 0.1) is 25.2 Å². The van der Waals surface area contributed by atoms with Crippen LogP contribution < -0.4 is 10.1 Å². The van der Waals surface area contributed by atoms with E-state index in [-0.39, 0.29) is 18.7 Å². The summed E-state index contributed by atoms with van der Waals surface area (Å²) in [5.41, 5.74) is 2.69. The fourth-order valence-electron chi connectivity index (χ4n) is 1.74. The lowest BCUT2D eigenvalue weighted by atomic mass is 10.1. The van der Waals surface area contributed by atoms with E-state index in [1.54, 1.807) is 7.11 Å². The van der Waals surface area contributed by atoms with Gasteiger partial charge in [-0.25, -0.2) is 0 Å². The molecule has 0 spiro atoms. The van der Waals surface area contributed by atoms with E-state index in [2.05, 4.69) is 5.32 Å². The molecule has 0 saturated carbocycles. The topological polar surface area (TPSA) is 62.1 Å². The molecule has 0 unspecified atom stereocenters. The molecule has 1 amide bonds. The third-order valence-corrected chi connectivity index (χ3v) is 2.41. The number of nitrogens with zero attached hydrogens (tertiary/aromatic N) is 1. The number of rotatable bonds is 4. The molecule has 0 fully saturated rings. The summed E-state index contributed by atoms with van der Waals surface area (Å²) < 4.78 is 5.24. The molecule has 0 aliphatic rings. The molecule has 1 aromatic rings. The van der Waals surface area contributed by atoms with Gasteiger partial charge in [0.2, 0.25) is 5.91 Å². The number of anilines is 1. The largest absolute Gasteiger partial charge is 0.496 e. The molecule has 17 heavy (non-hydrogen) atoms. The molecule has 0 aliphatic heterocycles. The van der Waals surface area contributed by atoms with Crippen LogP contribution in [0.5, 0.6) is 5.75 Å². The predicted molar refractivity (Wildman–Crippen MR) is 65.9 cm³/mol. The molecule has 0 atom stereocenters. The number of amides is 1. The molecular formula is C13H16N2O2. The first-order valence-corrected chi connectivity index (χ1v) is 5.40. The van der Waals surface area contributed by atoms with E-state index in [1.165, 1.54) is 0 Å². The van der Waals surface area contributed by atoms with Crippen molar-refractivity contribution in [3.8, 4) is 11.8 Å². The Morgan fingerprint density at radius 2 is 2.00 bits per heavy atom. The van der Waals surface area contributed by atoms with Gasteiger partial charge in [-0.3, -0.25) is 4.79 Å². The Morgan fingerprint density at radius 1 is 1.41 bits per heavy atom. The Bertz CT molecular complexity index is 438. The van der Waals surface area contributed by atoms with Crippen molar-refractivity contribution < 1.29 is 9.53 Å². The highest BCUT2D eigenvalue weighted by molar-refractivity contribution is 5.91. The van der Waals surface area contributed by atoms with E-state index in [0.29, 0.717) is 0 Å². The fraction of sp³-hybridized carbons (Fsp3) is 0.385. The molecule has 0 aliphatic carbocycles. The van der Waals surface area contributed by atoms with Crippen molar-refractivity contribution in [3.63, 3.8) is 0 Å². The van der Waals surface area contributed by atoms with Crippen LogP contribution in [0.2, 0.25) is 0 Å². The number of benzene rings is 1. The zero-order valence-electron chi connectivity index (χ0n) is 10.3. The van der Waals surface area contributed by atoms with Crippen molar-refractivity contribution in [1.29, 1.82) is 5.26 Å². The summed E-state index contributed by atoms with van der Waals surface area (Å²) in [5.74, 6) is 0.690. The second-order valence-electron chi connectivity index (χ2n) is 3.85. The highest BCUT2D eigenvalue weighted by Gasteiger charge is 2.07. The van der Waals surface area contributed by atoms with Gasteiger partial charge in [0.1, 0.15) is 5.75 Å². The van der Waals surface area contributed by atoms with Crippen LogP contribution in [0.1, 0.15) is 24.0 Å². The molecule has 0 aromatic heterocycles. The molecule has 4 nitrogen and oxygen atoms in total. The molecule has 0 saturated heterocycles. The van der Waals surface area contributed by atoms with E-state index in [4.69, 9.17) is 10.00 Å². The number of ether oxygens (including phenoxy) is 1. The third-order valence-electron chi connectivity index (χ3n) is 2.41. The van der Waals surface area contributed by atoms with Crippen LogP contribution in [0.3, 0.4) is 0 Å². The summed E-state index contributed by atoms with van der Waals surface area (Å²) in [6.45, 7) is 3.85. The highest BCUT2D eigenvalue weighted by Crippen LogP contribution is 2.26. The van der Waals surface area contributed by atoms with Gasteiger partial charge in [0.05, 0.1) is 13.2 Å².